The van der Waals surface area contributed by atoms with E-state index in [-0.39, 0.29) is 6.61 Å². The van der Waals surface area contributed by atoms with Gasteiger partial charge in [0.25, 0.3) is 0 Å². The van der Waals surface area contributed by atoms with Gasteiger partial charge in [0.05, 0.1) is 25.6 Å². The Labute approximate surface area is 75.1 Å². The van der Waals surface area contributed by atoms with Crippen molar-refractivity contribution in [1.82, 2.24) is 15.0 Å². The first-order chi connectivity index (χ1) is 6.20. The molecule has 0 aliphatic rings. The first kappa shape index (κ1) is 9.66. The highest BCUT2D eigenvalue weighted by Gasteiger charge is 2.18. The Morgan fingerprint density at radius 2 is 2.54 bits per heavy atom. The molecule has 1 heterocycles. The second-order valence-corrected chi connectivity index (χ2v) is 2.53. The van der Waals surface area contributed by atoms with Crippen molar-refractivity contribution < 1.29 is 14.6 Å². The van der Waals surface area contributed by atoms with Crippen LogP contribution in [0.4, 0.5) is 0 Å². The number of esters is 1. The van der Waals surface area contributed by atoms with Crippen LogP contribution in [0, 0.1) is 0 Å². The van der Waals surface area contributed by atoms with Crippen LogP contribution in [0.1, 0.15) is 18.7 Å². The summed E-state index contributed by atoms with van der Waals surface area (Å²) >= 11 is 0. The standard InChI is InChI=1S/C7H11N3O3/c1-5(7(12)13-2)10-6(4-11)3-8-9-10/h3,5,11H,4H2,1-2H3. The summed E-state index contributed by atoms with van der Waals surface area (Å²) < 4.78 is 5.85. The third-order valence-corrected chi connectivity index (χ3v) is 1.72. The molecule has 1 N–H and O–H groups in total. The minimum Gasteiger partial charge on any atom is -0.467 e. The zero-order valence-electron chi connectivity index (χ0n) is 7.47. The molecule has 1 rings (SSSR count). The van der Waals surface area contributed by atoms with Crippen LogP contribution < -0.4 is 0 Å². The summed E-state index contributed by atoms with van der Waals surface area (Å²) in [6, 6.07) is -0.561. The van der Waals surface area contributed by atoms with E-state index in [0.29, 0.717) is 5.69 Å². The topological polar surface area (TPSA) is 77.2 Å². The fourth-order valence-electron chi connectivity index (χ4n) is 0.975. The summed E-state index contributed by atoms with van der Waals surface area (Å²) in [5.74, 6) is -0.416. The Bertz CT molecular complexity index is 297. The van der Waals surface area contributed by atoms with Gasteiger partial charge in [0.2, 0.25) is 0 Å². The van der Waals surface area contributed by atoms with Gasteiger partial charge in [-0.05, 0) is 6.92 Å². The number of rotatable bonds is 3. The van der Waals surface area contributed by atoms with E-state index in [1.807, 2.05) is 0 Å². The molecule has 0 aliphatic heterocycles. The quantitative estimate of drug-likeness (QED) is 0.642. The van der Waals surface area contributed by atoms with E-state index in [9.17, 15) is 4.79 Å². The van der Waals surface area contributed by atoms with Crippen molar-refractivity contribution in [3.05, 3.63) is 11.9 Å². The Balaban J connectivity index is 2.87. The Kier molecular flexibility index (Phi) is 2.97. The van der Waals surface area contributed by atoms with Crippen molar-refractivity contribution in [2.75, 3.05) is 7.11 Å². The van der Waals surface area contributed by atoms with Crippen molar-refractivity contribution in [2.24, 2.45) is 0 Å². The number of nitrogens with zero attached hydrogens (tertiary/aromatic N) is 3. The number of hydrogen-bond donors (Lipinski definition) is 1. The second kappa shape index (κ2) is 3.99. The van der Waals surface area contributed by atoms with Crippen LogP contribution in [0.25, 0.3) is 0 Å². The molecule has 0 amide bonds. The molecule has 0 saturated carbocycles. The maximum Gasteiger partial charge on any atom is 0.330 e. The molecular formula is C7H11N3O3. The largest absolute Gasteiger partial charge is 0.467 e. The molecule has 0 saturated heterocycles. The van der Waals surface area contributed by atoms with E-state index >= 15 is 0 Å². The third-order valence-electron chi connectivity index (χ3n) is 1.72. The summed E-state index contributed by atoms with van der Waals surface area (Å²) in [4.78, 5) is 11.1. The summed E-state index contributed by atoms with van der Waals surface area (Å²) in [6.45, 7) is 1.42. The SMILES string of the molecule is COC(=O)C(C)n1nncc1CO. The van der Waals surface area contributed by atoms with Crippen LogP contribution >= 0.6 is 0 Å². The zero-order chi connectivity index (χ0) is 9.84. The van der Waals surface area contributed by atoms with Crippen molar-refractivity contribution in [1.29, 1.82) is 0 Å². The number of ether oxygens (including phenoxy) is 1. The summed E-state index contributed by atoms with van der Waals surface area (Å²) in [5, 5.41) is 16.1. The Hall–Kier alpha value is -1.43. The maximum atomic E-state index is 11.1. The van der Waals surface area contributed by atoms with E-state index in [1.54, 1.807) is 6.92 Å². The number of hydrogen-bond acceptors (Lipinski definition) is 5. The van der Waals surface area contributed by atoms with Gasteiger partial charge in [-0.2, -0.15) is 0 Å². The molecule has 13 heavy (non-hydrogen) atoms. The minimum absolute atomic E-state index is 0.200. The second-order valence-electron chi connectivity index (χ2n) is 2.53. The lowest BCUT2D eigenvalue weighted by Gasteiger charge is -2.10. The molecular weight excluding hydrogens is 174 g/mol. The van der Waals surface area contributed by atoms with Gasteiger partial charge in [-0.1, -0.05) is 5.21 Å². The molecule has 0 spiro atoms. The van der Waals surface area contributed by atoms with Crippen LogP contribution in [0.15, 0.2) is 6.20 Å². The van der Waals surface area contributed by atoms with Crippen LogP contribution in [0.2, 0.25) is 0 Å². The molecule has 0 fully saturated rings. The molecule has 0 aliphatic carbocycles. The van der Waals surface area contributed by atoms with Gasteiger partial charge < -0.3 is 9.84 Å². The van der Waals surface area contributed by atoms with Crippen molar-refractivity contribution in [2.45, 2.75) is 19.6 Å². The molecule has 0 radical (unpaired) electrons. The first-order valence-electron chi connectivity index (χ1n) is 3.78. The monoisotopic (exact) mass is 185 g/mol. The van der Waals surface area contributed by atoms with Gasteiger partial charge in [-0.25, -0.2) is 9.48 Å². The van der Waals surface area contributed by atoms with Crippen molar-refractivity contribution >= 4 is 5.97 Å². The smallest absolute Gasteiger partial charge is 0.330 e. The van der Waals surface area contributed by atoms with Crippen molar-refractivity contribution in [3.8, 4) is 0 Å². The van der Waals surface area contributed by atoms with Crippen molar-refractivity contribution in [3.63, 3.8) is 0 Å². The predicted molar refractivity (Wildman–Crippen MR) is 42.7 cm³/mol. The van der Waals surface area contributed by atoms with Gasteiger partial charge in [-0.15, -0.1) is 5.10 Å². The lowest BCUT2D eigenvalue weighted by atomic mass is 10.3. The molecule has 1 unspecified atom stereocenters. The summed E-state index contributed by atoms with van der Waals surface area (Å²) in [7, 11) is 1.30. The average Bonchev–Trinajstić information content (AvgIpc) is 2.62. The van der Waals surface area contributed by atoms with Crippen LogP contribution in [0.5, 0.6) is 0 Å². The Morgan fingerprint density at radius 3 is 3.08 bits per heavy atom. The fraction of sp³-hybridized carbons (Fsp3) is 0.571. The van der Waals surface area contributed by atoms with Gasteiger partial charge >= 0.3 is 5.97 Å². The Morgan fingerprint density at radius 1 is 1.85 bits per heavy atom. The lowest BCUT2D eigenvalue weighted by molar-refractivity contribution is -0.144. The lowest BCUT2D eigenvalue weighted by Crippen LogP contribution is -2.20. The number of carbonyl (C=O) groups excluding carboxylic acids is 1. The molecule has 6 nitrogen and oxygen atoms in total. The number of methoxy groups -OCH3 is 1. The normalized spacial score (nSPS) is 12.5. The highest BCUT2D eigenvalue weighted by molar-refractivity contribution is 5.73. The van der Waals surface area contributed by atoms with Gasteiger partial charge in [0, 0.05) is 0 Å². The molecule has 0 aromatic carbocycles. The fourth-order valence-corrected chi connectivity index (χ4v) is 0.975. The third kappa shape index (κ3) is 1.83. The van der Waals surface area contributed by atoms with Crippen LogP contribution in [-0.2, 0) is 16.1 Å². The first-order valence-corrected chi connectivity index (χ1v) is 3.78. The molecule has 6 heteroatoms. The molecule has 1 atom stereocenters. The highest BCUT2D eigenvalue weighted by atomic mass is 16.5. The molecule has 1 aromatic heterocycles. The molecule has 1 aromatic rings. The van der Waals surface area contributed by atoms with E-state index < -0.39 is 12.0 Å². The number of carbonyl (C=O) groups is 1. The van der Waals surface area contributed by atoms with E-state index in [4.69, 9.17) is 5.11 Å². The average molecular weight is 185 g/mol. The predicted octanol–water partition coefficient (Wildman–Crippen LogP) is -0.496. The molecule has 72 valence electrons. The number of aliphatic hydroxyl groups excluding tert-OH is 1. The number of aromatic nitrogens is 3. The van der Waals surface area contributed by atoms with Gasteiger partial charge in [0.15, 0.2) is 0 Å². The van der Waals surface area contributed by atoms with E-state index in [2.05, 4.69) is 15.0 Å². The minimum atomic E-state index is -0.561. The highest BCUT2D eigenvalue weighted by Crippen LogP contribution is 2.08. The van der Waals surface area contributed by atoms with Gasteiger partial charge in [-0.3, -0.25) is 0 Å². The maximum absolute atomic E-state index is 11.1. The van der Waals surface area contributed by atoms with E-state index in [0.717, 1.165) is 0 Å². The van der Waals surface area contributed by atoms with Crippen LogP contribution in [-0.4, -0.2) is 33.2 Å². The number of aliphatic hydroxyl groups is 1. The zero-order valence-corrected chi connectivity index (χ0v) is 7.47. The van der Waals surface area contributed by atoms with Crippen LogP contribution in [0.3, 0.4) is 0 Å². The van der Waals surface area contributed by atoms with E-state index in [1.165, 1.54) is 18.0 Å². The molecule has 0 bridgehead atoms. The van der Waals surface area contributed by atoms with Gasteiger partial charge in [0.1, 0.15) is 6.04 Å². The summed E-state index contributed by atoms with van der Waals surface area (Å²) in [6.07, 6.45) is 1.40. The summed E-state index contributed by atoms with van der Waals surface area (Å²) in [5.41, 5.74) is 0.484.